The van der Waals surface area contributed by atoms with Crippen molar-refractivity contribution in [3.63, 3.8) is 0 Å². The van der Waals surface area contributed by atoms with E-state index in [2.05, 4.69) is 208 Å². The van der Waals surface area contributed by atoms with E-state index in [4.69, 9.17) is 19.9 Å². The van der Waals surface area contributed by atoms with E-state index >= 15 is 0 Å². The van der Waals surface area contributed by atoms with E-state index in [1.807, 2.05) is 24.3 Å². The maximum absolute atomic E-state index is 5.50. The van der Waals surface area contributed by atoms with Crippen LogP contribution in [0.3, 0.4) is 0 Å². The quantitative estimate of drug-likeness (QED) is 0.161. The standard InChI is InChI=1S/C61H42N4/c1-61(2)54-31-15-14-30-49(54)51-36-52-50(37-56(62-57(52)38-55(51)61)45-27-16-25-42(32-45)39-18-6-3-7-19-39)47-34-44-24-12-13-29-48(44)53(35-47)60-64-58(41-22-10-5-11-23-41)63-59(65-60)46-28-17-26-43(33-46)40-20-8-4-9-21-40/h3-38H,1-2H3. The molecule has 4 heteroatoms. The molecule has 0 saturated heterocycles. The highest BCUT2D eigenvalue weighted by molar-refractivity contribution is 6.06. The molecule has 9 aromatic carbocycles. The molecular formula is C61H42N4. The first kappa shape index (κ1) is 38.3. The van der Waals surface area contributed by atoms with Gasteiger partial charge in [0.15, 0.2) is 17.5 Å². The zero-order valence-electron chi connectivity index (χ0n) is 36.1. The number of hydrogen-bond donors (Lipinski definition) is 0. The zero-order valence-corrected chi connectivity index (χ0v) is 36.1. The number of pyridine rings is 1. The molecule has 0 spiro atoms. The summed E-state index contributed by atoms with van der Waals surface area (Å²) in [7, 11) is 0. The van der Waals surface area contributed by atoms with Crippen LogP contribution in [0, 0.1) is 0 Å². The third kappa shape index (κ3) is 6.79. The average molecular weight is 831 g/mol. The molecule has 65 heavy (non-hydrogen) atoms. The van der Waals surface area contributed by atoms with E-state index in [0.29, 0.717) is 17.5 Å². The molecule has 0 atom stereocenters. The van der Waals surface area contributed by atoms with Crippen LogP contribution in [0.1, 0.15) is 25.0 Å². The van der Waals surface area contributed by atoms with Crippen molar-refractivity contribution in [2.24, 2.45) is 0 Å². The molecule has 0 fully saturated rings. The summed E-state index contributed by atoms with van der Waals surface area (Å²) in [4.78, 5) is 21.3. The van der Waals surface area contributed by atoms with Gasteiger partial charge in [-0.25, -0.2) is 19.9 Å². The van der Waals surface area contributed by atoms with Crippen molar-refractivity contribution in [2.75, 3.05) is 0 Å². The van der Waals surface area contributed by atoms with E-state index in [-0.39, 0.29) is 5.41 Å². The van der Waals surface area contributed by atoms with Gasteiger partial charge in [-0.15, -0.1) is 0 Å². The predicted molar refractivity (Wildman–Crippen MR) is 268 cm³/mol. The Morgan fingerprint density at radius 2 is 0.846 bits per heavy atom. The molecule has 4 nitrogen and oxygen atoms in total. The molecule has 0 N–H and O–H groups in total. The number of nitrogens with zero attached hydrogens (tertiary/aromatic N) is 4. The van der Waals surface area contributed by atoms with Crippen molar-refractivity contribution in [1.29, 1.82) is 0 Å². The molecule has 0 radical (unpaired) electrons. The minimum atomic E-state index is -0.172. The summed E-state index contributed by atoms with van der Waals surface area (Å²) in [6.45, 7) is 4.66. The van der Waals surface area contributed by atoms with Gasteiger partial charge in [-0.2, -0.15) is 0 Å². The monoisotopic (exact) mass is 830 g/mol. The summed E-state index contributed by atoms with van der Waals surface area (Å²) in [6.07, 6.45) is 0. The summed E-state index contributed by atoms with van der Waals surface area (Å²) in [5.41, 5.74) is 17.4. The summed E-state index contributed by atoms with van der Waals surface area (Å²) in [5.74, 6) is 1.85. The Kier molecular flexibility index (Phi) is 9.13. The van der Waals surface area contributed by atoms with Crippen LogP contribution in [0.25, 0.3) is 112 Å². The second-order valence-electron chi connectivity index (χ2n) is 17.5. The molecule has 1 aliphatic carbocycles. The van der Waals surface area contributed by atoms with Gasteiger partial charge in [-0.1, -0.05) is 190 Å². The van der Waals surface area contributed by atoms with Crippen LogP contribution < -0.4 is 0 Å². The molecule has 0 unspecified atom stereocenters. The van der Waals surface area contributed by atoms with Crippen molar-refractivity contribution in [2.45, 2.75) is 19.3 Å². The third-order valence-corrected chi connectivity index (χ3v) is 13.1. The van der Waals surface area contributed by atoms with E-state index < -0.39 is 0 Å². The SMILES string of the molecule is CC1(C)c2ccccc2-c2cc3c(-c4cc(-c5nc(-c6ccccc6)nc(-c6cccc(-c7ccccc7)c6)n5)c5ccccc5c4)cc(-c4cccc(-c5ccccc5)c4)nc3cc21. The number of benzene rings is 9. The molecule has 0 aliphatic heterocycles. The lowest BCUT2D eigenvalue weighted by Crippen LogP contribution is -2.14. The van der Waals surface area contributed by atoms with Gasteiger partial charge in [-0.3, -0.25) is 0 Å². The largest absolute Gasteiger partial charge is 0.248 e. The summed E-state index contributed by atoms with van der Waals surface area (Å²) in [6, 6.07) is 77.4. The van der Waals surface area contributed by atoms with E-state index in [0.717, 1.165) is 77.4 Å². The van der Waals surface area contributed by atoms with Gasteiger partial charge in [0, 0.05) is 33.1 Å². The smallest absolute Gasteiger partial charge is 0.164 e. The Morgan fingerprint density at radius 3 is 1.57 bits per heavy atom. The highest BCUT2D eigenvalue weighted by Crippen LogP contribution is 2.51. The number of fused-ring (bicyclic) bond motifs is 5. The van der Waals surface area contributed by atoms with Gasteiger partial charge in [0.2, 0.25) is 0 Å². The van der Waals surface area contributed by atoms with Crippen molar-refractivity contribution < 1.29 is 0 Å². The van der Waals surface area contributed by atoms with Crippen LogP contribution in [-0.2, 0) is 5.41 Å². The number of hydrogen-bond acceptors (Lipinski definition) is 4. The highest BCUT2D eigenvalue weighted by Gasteiger charge is 2.36. The van der Waals surface area contributed by atoms with Crippen LogP contribution in [-0.4, -0.2) is 19.9 Å². The fourth-order valence-electron chi connectivity index (χ4n) is 9.76. The summed E-state index contributed by atoms with van der Waals surface area (Å²) >= 11 is 0. The second kappa shape index (κ2) is 15.5. The van der Waals surface area contributed by atoms with Crippen LogP contribution in [0.5, 0.6) is 0 Å². The number of aromatic nitrogens is 4. The first-order valence-electron chi connectivity index (χ1n) is 22.2. The fourth-order valence-corrected chi connectivity index (χ4v) is 9.76. The van der Waals surface area contributed by atoms with Crippen molar-refractivity contribution >= 4 is 21.7 Å². The van der Waals surface area contributed by atoms with Crippen LogP contribution in [0.4, 0.5) is 0 Å². The van der Waals surface area contributed by atoms with E-state index in [1.54, 1.807) is 0 Å². The van der Waals surface area contributed by atoms with Crippen LogP contribution in [0.15, 0.2) is 218 Å². The Bertz CT molecular complexity index is 3620. The maximum Gasteiger partial charge on any atom is 0.164 e. The lowest BCUT2D eigenvalue weighted by atomic mass is 9.82. The first-order valence-corrected chi connectivity index (χ1v) is 22.2. The van der Waals surface area contributed by atoms with Gasteiger partial charge in [0.1, 0.15) is 0 Å². The molecule has 2 heterocycles. The molecule has 306 valence electrons. The lowest BCUT2D eigenvalue weighted by molar-refractivity contribution is 0.661. The normalized spacial score (nSPS) is 12.6. The van der Waals surface area contributed by atoms with Gasteiger partial charge < -0.3 is 0 Å². The maximum atomic E-state index is 5.50. The first-order chi connectivity index (χ1) is 31.9. The minimum absolute atomic E-state index is 0.172. The second-order valence-corrected chi connectivity index (χ2v) is 17.5. The lowest BCUT2D eigenvalue weighted by Gasteiger charge is -2.22. The van der Waals surface area contributed by atoms with Gasteiger partial charge in [0.25, 0.3) is 0 Å². The third-order valence-electron chi connectivity index (χ3n) is 13.1. The van der Waals surface area contributed by atoms with Crippen molar-refractivity contribution in [3.8, 4) is 89.9 Å². The van der Waals surface area contributed by atoms with E-state index in [1.165, 1.54) is 27.8 Å². The Morgan fingerprint density at radius 1 is 0.292 bits per heavy atom. The van der Waals surface area contributed by atoms with Gasteiger partial charge in [0.05, 0.1) is 11.2 Å². The Balaban J connectivity index is 1.10. The highest BCUT2D eigenvalue weighted by atomic mass is 15.0. The minimum Gasteiger partial charge on any atom is -0.248 e. The van der Waals surface area contributed by atoms with E-state index in [9.17, 15) is 0 Å². The molecular weight excluding hydrogens is 789 g/mol. The summed E-state index contributed by atoms with van der Waals surface area (Å²) < 4.78 is 0. The molecule has 2 aromatic heterocycles. The Hall–Kier alpha value is -8.34. The predicted octanol–water partition coefficient (Wildman–Crippen LogP) is 15.5. The van der Waals surface area contributed by atoms with Crippen molar-refractivity contribution in [3.05, 3.63) is 230 Å². The molecule has 0 bridgehead atoms. The molecule has 0 amide bonds. The molecule has 0 saturated carbocycles. The zero-order chi connectivity index (χ0) is 43.5. The van der Waals surface area contributed by atoms with Crippen LogP contribution in [0.2, 0.25) is 0 Å². The average Bonchev–Trinajstić information content (AvgIpc) is 3.60. The molecule has 1 aliphatic rings. The van der Waals surface area contributed by atoms with Crippen molar-refractivity contribution in [1.82, 2.24) is 19.9 Å². The van der Waals surface area contributed by atoms with Crippen LogP contribution >= 0.6 is 0 Å². The fraction of sp³-hybridized carbons (Fsp3) is 0.0492. The summed E-state index contributed by atoms with van der Waals surface area (Å²) in [5, 5.41) is 3.26. The topological polar surface area (TPSA) is 51.6 Å². The number of rotatable bonds is 7. The van der Waals surface area contributed by atoms with Gasteiger partial charge in [-0.05, 0) is 109 Å². The molecule has 12 rings (SSSR count). The van der Waals surface area contributed by atoms with Gasteiger partial charge >= 0.3 is 0 Å². The Labute approximate surface area is 378 Å². The molecule has 11 aromatic rings.